The fourth-order valence-corrected chi connectivity index (χ4v) is 1.11. The second-order valence-electron chi connectivity index (χ2n) is 2.59. The average Bonchev–Trinajstić information content (AvgIpc) is 1.89. The summed E-state index contributed by atoms with van der Waals surface area (Å²) in [6.07, 6.45) is 6.62. The molecule has 1 unspecified atom stereocenters. The van der Waals surface area contributed by atoms with Crippen molar-refractivity contribution in [3.8, 4) is 0 Å². The summed E-state index contributed by atoms with van der Waals surface area (Å²) >= 11 is 0. The Morgan fingerprint density at radius 3 is 2.56 bits per heavy atom. The van der Waals surface area contributed by atoms with Gasteiger partial charge in [-0.3, -0.25) is 0 Å². The predicted molar refractivity (Wildman–Crippen MR) is 36.6 cm³/mol. The molecule has 0 radical (unpaired) electrons. The minimum Gasteiger partial charge on any atom is -0.301 e. The second kappa shape index (κ2) is 2.99. The smallest absolute Gasteiger partial charge is 0.0850 e. The Morgan fingerprint density at radius 2 is 2.11 bits per heavy atom. The van der Waals surface area contributed by atoms with Crippen LogP contribution in [-0.2, 0) is 4.84 Å². The van der Waals surface area contributed by atoms with Gasteiger partial charge in [0.15, 0.2) is 0 Å². The zero-order valence-corrected chi connectivity index (χ0v) is 5.71. The van der Waals surface area contributed by atoms with E-state index in [9.17, 15) is 0 Å². The molecule has 9 heavy (non-hydrogen) atoms. The van der Waals surface area contributed by atoms with Gasteiger partial charge in [0.2, 0.25) is 0 Å². The fourth-order valence-electron chi connectivity index (χ4n) is 1.11. The van der Waals surface area contributed by atoms with E-state index >= 15 is 0 Å². The Balaban J connectivity index is 2.43. The number of hydrogen-bond donors (Lipinski definition) is 1. The van der Waals surface area contributed by atoms with E-state index in [0.29, 0.717) is 5.92 Å². The lowest BCUT2D eigenvalue weighted by Crippen LogP contribution is -2.25. The van der Waals surface area contributed by atoms with Gasteiger partial charge >= 0.3 is 0 Å². The van der Waals surface area contributed by atoms with Crippen LogP contribution >= 0.6 is 0 Å². The largest absolute Gasteiger partial charge is 0.301 e. The summed E-state index contributed by atoms with van der Waals surface area (Å²) in [6, 6.07) is 0. The molecular weight excluding hydrogens is 114 g/mol. The van der Waals surface area contributed by atoms with Crippen molar-refractivity contribution in [1.82, 2.24) is 0 Å². The van der Waals surface area contributed by atoms with Crippen LogP contribution in [-0.4, -0.2) is 6.10 Å². The van der Waals surface area contributed by atoms with E-state index in [4.69, 9.17) is 10.7 Å². The van der Waals surface area contributed by atoms with Crippen molar-refractivity contribution >= 4 is 0 Å². The van der Waals surface area contributed by atoms with Crippen molar-refractivity contribution in [1.29, 1.82) is 0 Å². The molecule has 2 N–H and O–H groups in total. The minimum atomic E-state index is 0.245. The van der Waals surface area contributed by atoms with Gasteiger partial charge in [-0.25, -0.2) is 5.90 Å². The molecule has 0 spiro atoms. The molecule has 0 fully saturated rings. The molecule has 2 nitrogen and oxygen atoms in total. The third kappa shape index (κ3) is 1.53. The van der Waals surface area contributed by atoms with E-state index in [2.05, 4.69) is 19.1 Å². The number of allylic oxidation sites excluding steroid dienone is 1. The standard InChI is InChI=1S/C7H13NO/c1-6-4-2-3-5-7(6)9-8/h2-3,6-7H,4-5,8H2,1H3/t6-,7?/m0/s1. The molecule has 0 heterocycles. The first kappa shape index (κ1) is 6.78. The van der Waals surface area contributed by atoms with Crippen LogP contribution in [0.1, 0.15) is 19.8 Å². The van der Waals surface area contributed by atoms with Crippen LogP contribution in [0, 0.1) is 5.92 Å². The lowest BCUT2D eigenvalue weighted by Gasteiger charge is -2.22. The Kier molecular flexibility index (Phi) is 2.25. The average molecular weight is 127 g/mol. The van der Waals surface area contributed by atoms with Crippen molar-refractivity contribution in [2.75, 3.05) is 0 Å². The number of nitrogens with two attached hydrogens (primary N) is 1. The summed E-state index contributed by atoms with van der Waals surface area (Å²) < 4.78 is 0. The quantitative estimate of drug-likeness (QED) is 0.424. The van der Waals surface area contributed by atoms with Crippen LogP contribution in [0.4, 0.5) is 0 Å². The highest BCUT2D eigenvalue weighted by atomic mass is 16.6. The fraction of sp³-hybridized carbons (Fsp3) is 0.714. The zero-order valence-electron chi connectivity index (χ0n) is 5.71. The van der Waals surface area contributed by atoms with Gasteiger partial charge < -0.3 is 4.84 Å². The molecule has 0 aromatic rings. The Hall–Kier alpha value is -0.340. The summed E-state index contributed by atoms with van der Waals surface area (Å²) in [6.45, 7) is 2.15. The lowest BCUT2D eigenvalue weighted by molar-refractivity contribution is 0.0161. The molecule has 2 atom stereocenters. The maximum absolute atomic E-state index is 5.06. The molecule has 1 rings (SSSR count). The van der Waals surface area contributed by atoms with Crippen LogP contribution < -0.4 is 5.90 Å². The van der Waals surface area contributed by atoms with Gasteiger partial charge in [0, 0.05) is 0 Å². The van der Waals surface area contributed by atoms with Gasteiger partial charge in [0.1, 0.15) is 0 Å². The number of hydrogen-bond acceptors (Lipinski definition) is 2. The lowest BCUT2D eigenvalue weighted by atomic mass is 9.93. The molecule has 52 valence electrons. The normalized spacial score (nSPS) is 34.9. The minimum absolute atomic E-state index is 0.245. The number of rotatable bonds is 1. The predicted octanol–water partition coefficient (Wildman–Crippen LogP) is 1.23. The maximum atomic E-state index is 5.06. The van der Waals surface area contributed by atoms with Gasteiger partial charge in [-0.15, -0.1) is 0 Å². The van der Waals surface area contributed by atoms with Crippen LogP contribution in [0.2, 0.25) is 0 Å². The van der Waals surface area contributed by atoms with E-state index in [1.54, 1.807) is 0 Å². The SMILES string of the molecule is C[C@H]1CC=CCC1ON. The third-order valence-corrected chi connectivity index (χ3v) is 1.85. The van der Waals surface area contributed by atoms with Gasteiger partial charge in [-0.05, 0) is 18.8 Å². The molecule has 2 heteroatoms. The van der Waals surface area contributed by atoms with Gasteiger partial charge in [0.25, 0.3) is 0 Å². The van der Waals surface area contributed by atoms with Gasteiger partial charge in [0.05, 0.1) is 6.10 Å². The molecule has 0 aliphatic heterocycles. The highest BCUT2D eigenvalue weighted by Gasteiger charge is 2.17. The van der Waals surface area contributed by atoms with E-state index in [0.717, 1.165) is 12.8 Å². The summed E-state index contributed by atoms with van der Waals surface area (Å²) in [5.41, 5.74) is 0. The monoisotopic (exact) mass is 127 g/mol. The Labute approximate surface area is 55.6 Å². The zero-order chi connectivity index (χ0) is 6.69. The van der Waals surface area contributed by atoms with Gasteiger partial charge in [-0.1, -0.05) is 19.1 Å². The summed E-state index contributed by atoms with van der Waals surface area (Å²) in [4.78, 5) is 4.75. The van der Waals surface area contributed by atoms with Crippen molar-refractivity contribution in [2.24, 2.45) is 11.8 Å². The van der Waals surface area contributed by atoms with Gasteiger partial charge in [-0.2, -0.15) is 0 Å². The summed E-state index contributed by atoms with van der Waals surface area (Å²) in [7, 11) is 0. The van der Waals surface area contributed by atoms with Crippen molar-refractivity contribution in [3.05, 3.63) is 12.2 Å². The highest BCUT2D eigenvalue weighted by Crippen LogP contribution is 2.19. The van der Waals surface area contributed by atoms with Crippen LogP contribution in [0.5, 0.6) is 0 Å². The molecule has 0 saturated carbocycles. The van der Waals surface area contributed by atoms with Crippen molar-refractivity contribution in [3.63, 3.8) is 0 Å². The summed E-state index contributed by atoms with van der Waals surface area (Å²) in [5.74, 6) is 5.64. The van der Waals surface area contributed by atoms with E-state index < -0.39 is 0 Å². The molecule has 0 aromatic carbocycles. The second-order valence-corrected chi connectivity index (χ2v) is 2.59. The van der Waals surface area contributed by atoms with Crippen molar-refractivity contribution < 1.29 is 4.84 Å². The molecular formula is C7H13NO. The molecule has 1 aliphatic rings. The Morgan fingerprint density at radius 1 is 1.44 bits per heavy atom. The topological polar surface area (TPSA) is 35.2 Å². The van der Waals surface area contributed by atoms with E-state index in [1.807, 2.05) is 0 Å². The van der Waals surface area contributed by atoms with Crippen LogP contribution in [0.15, 0.2) is 12.2 Å². The molecule has 0 aromatic heterocycles. The van der Waals surface area contributed by atoms with Crippen LogP contribution in [0.25, 0.3) is 0 Å². The van der Waals surface area contributed by atoms with Crippen LogP contribution in [0.3, 0.4) is 0 Å². The first-order chi connectivity index (χ1) is 4.34. The maximum Gasteiger partial charge on any atom is 0.0850 e. The van der Waals surface area contributed by atoms with E-state index in [1.165, 1.54) is 0 Å². The van der Waals surface area contributed by atoms with Crippen molar-refractivity contribution in [2.45, 2.75) is 25.9 Å². The molecule has 0 saturated heterocycles. The van der Waals surface area contributed by atoms with E-state index in [-0.39, 0.29) is 6.10 Å². The first-order valence-corrected chi connectivity index (χ1v) is 3.35. The molecule has 0 bridgehead atoms. The molecule has 1 aliphatic carbocycles. The summed E-state index contributed by atoms with van der Waals surface area (Å²) in [5, 5.41) is 0. The highest BCUT2D eigenvalue weighted by molar-refractivity contribution is 4.93. The Bertz CT molecular complexity index is 111. The third-order valence-electron chi connectivity index (χ3n) is 1.85. The molecule has 0 amide bonds. The first-order valence-electron chi connectivity index (χ1n) is 3.35.